The Labute approximate surface area is 98.2 Å². The van der Waals surface area contributed by atoms with Gasteiger partial charge >= 0.3 is 0 Å². The van der Waals surface area contributed by atoms with Crippen molar-refractivity contribution in [2.75, 3.05) is 26.2 Å². The number of nitrogens with one attached hydrogen (secondary N) is 1. The third kappa shape index (κ3) is 3.44. The van der Waals surface area contributed by atoms with E-state index in [1.807, 2.05) is 0 Å². The van der Waals surface area contributed by atoms with Crippen molar-refractivity contribution in [2.24, 2.45) is 0 Å². The molecule has 1 rings (SSSR count). The Hall–Kier alpha value is -0.630. The third-order valence-corrected chi connectivity index (χ3v) is 3.39. The monoisotopic (exact) mass is 225 g/mol. The number of likely N-dealkylation sites (tertiary alicyclic amines) is 1. The topological polar surface area (TPSA) is 59.3 Å². The van der Waals surface area contributed by atoms with Gasteiger partial charge in [-0.1, -0.05) is 0 Å². The summed E-state index contributed by atoms with van der Waals surface area (Å²) in [5.74, 6) is 0. The van der Waals surface area contributed by atoms with Crippen molar-refractivity contribution in [3.8, 4) is 6.07 Å². The standard InChI is InChI=1S/C12H23N3O/c1-11(2)15-7-3-4-12(10-13,5-8-15)14-6-9-16/h11,14,16H,3-9H2,1-2H3. The molecule has 4 heteroatoms. The van der Waals surface area contributed by atoms with E-state index in [1.54, 1.807) is 0 Å². The number of aliphatic hydroxyl groups excluding tert-OH is 1. The first kappa shape index (κ1) is 13.4. The molecule has 1 aliphatic heterocycles. The van der Waals surface area contributed by atoms with E-state index < -0.39 is 5.54 Å². The van der Waals surface area contributed by atoms with Crippen LogP contribution < -0.4 is 5.32 Å². The average molecular weight is 225 g/mol. The maximum absolute atomic E-state index is 9.31. The molecule has 0 aromatic rings. The number of nitrogens with zero attached hydrogens (tertiary/aromatic N) is 2. The lowest BCUT2D eigenvalue weighted by Gasteiger charge is -2.27. The first-order valence-electron chi connectivity index (χ1n) is 6.15. The lowest BCUT2D eigenvalue weighted by Crippen LogP contribution is -2.46. The Morgan fingerprint density at radius 2 is 2.19 bits per heavy atom. The van der Waals surface area contributed by atoms with Gasteiger partial charge in [0.05, 0.1) is 12.7 Å². The fourth-order valence-electron chi connectivity index (χ4n) is 2.29. The minimum atomic E-state index is -0.424. The predicted octanol–water partition coefficient (Wildman–Crippen LogP) is 0.725. The van der Waals surface area contributed by atoms with Crippen LogP contribution in [0.3, 0.4) is 0 Å². The van der Waals surface area contributed by atoms with Gasteiger partial charge in [0.1, 0.15) is 5.54 Å². The largest absolute Gasteiger partial charge is 0.395 e. The molecule has 1 saturated heterocycles. The molecule has 1 atom stereocenters. The Bertz CT molecular complexity index is 249. The Morgan fingerprint density at radius 1 is 1.44 bits per heavy atom. The predicted molar refractivity (Wildman–Crippen MR) is 64.0 cm³/mol. The fraction of sp³-hybridized carbons (Fsp3) is 0.917. The van der Waals surface area contributed by atoms with Crippen LogP contribution in [0.15, 0.2) is 0 Å². The van der Waals surface area contributed by atoms with E-state index in [0.29, 0.717) is 12.6 Å². The van der Waals surface area contributed by atoms with Crippen LogP contribution >= 0.6 is 0 Å². The van der Waals surface area contributed by atoms with Crippen molar-refractivity contribution in [3.05, 3.63) is 0 Å². The molecule has 0 aromatic carbocycles. The fourth-order valence-corrected chi connectivity index (χ4v) is 2.29. The van der Waals surface area contributed by atoms with E-state index in [9.17, 15) is 5.26 Å². The Balaban J connectivity index is 2.58. The zero-order valence-electron chi connectivity index (χ0n) is 10.4. The van der Waals surface area contributed by atoms with Gasteiger partial charge in [-0.05, 0) is 39.7 Å². The molecule has 92 valence electrons. The second-order valence-corrected chi connectivity index (χ2v) is 4.83. The van der Waals surface area contributed by atoms with Gasteiger partial charge in [0, 0.05) is 19.1 Å². The number of β-amino-alcohol motifs (C(OH)–C–C–N with tert-alkyl or cyclic N) is 1. The molecule has 1 heterocycles. The Morgan fingerprint density at radius 3 is 2.75 bits per heavy atom. The molecule has 0 spiro atoms. The SMILES string of the molecule is CC(C)N1CCCC(C#N)(NCCO)CC1. The summed E-state index contributed by atoms with van der Waals surface area (Å²) < 4.78 is 0. The second kappa shape index (κ2) is 6.19. The van der Waals surface area contributed by atoms with E-state index in [4.69, 9.17) is 5.11 Å². The number of hydrogen-bond donors (Lipinski definition) is 2. The summed E-state index contributed by atoms with van der Waals surface area (Å²) in [4.78, 5) is 2.42. The maximum atomic E-state index is 9.31. The first-order chi connectivity index (χ1) is 7.63. The van der Waals surface area contributed by atoms with Gasteiger partial charge in [-0.15, -0.1) is 0 Å². The molecule has 0 radical (unpaired) electrons. The van der Waals surface area contributed by atoms with E-state index in [0.717, 1.165) is 32.4 Å². The van der Waals surface area contributed by atoms with Crippen LogP contribution in [0.4, 0.5) is 0 Å². The lowest BCUT2D eigenvalue weighted by atomic mass is 9.92. The van der Waals surface area contributed by atoms with Crippen molar-refractivity contribution in [3.63, 3.8) is 0 Å². The highest BCUT2D eigenvalue weighted by Gasteiger charge is 2.32. The van der Waals surface area contributed by atoms with Crippen LogP contribution in [0.2, 0.25) is 0 Å². The highest BCUT2D eigenvalue weighted by atomic mass is 16.3. The number of aliphatic hydroxyl groups is 1. The Kier molecular flexibility index (Phi) is 5.20. The van der Waals surface area contributed by atoms with Crippen molar-refractivity contribution >= 4 is 0 Å². The molecule has 1 unspecified atom stereocenters. The van der Waals surface area contributed by atoms with Gasteiger partial charge in [0.15, 0.2) is 0 Å². The highest BCUT2D eigenvalue weighted by molar-refractivity contribution is 5.08. The molecule has 1 aliphatic rings. The first-order valence-corrected chi connectivity index (χ1v) is 6.15. The van der Waals surface area contributed by atoms with Crippen molar-refractivity contribution < 1.29 is 5.11 Å². The number of hydrogen-bond acceptors (Lipinski definition) is 4. The summed E-state index contributed by atoms with van der Waals surface area (Å²) in [6.07, 6.45) is 2.78. The van der Waals surface area contributed by atoms with Crippen molar-refractivity contribution in [1.29, 1.82) is 5.26 Å². The molecular formula is C12H23N3O. The van der Waals surface area contributed by atoms with Gasteiger partial charge in [-0.25, -0.2) is 0 Å². The molecule has 0 aromatic heterocycles. The minimum Gasteiger partial charge on any atom is -0.395 e. The van der Waals surface area contributed by atoms with Crippen LogP contribution in [0.25, 0.3) is 0 Å². The van der Waals surface area contributed by atoms with Crippen LogP contribution in [-0.2, 0) is 0 Å². The molecule has 4 nitrogen and oxygen atoms in total. The van der Waals surface area contributed by atoms with Crippen LogP contribution in [-0.4, -0.2) is 47.8 Å². The van der Waals surface area contributed by atoms with Crippen molar-refractivity contribution in [2.45, 2.75) is 44.7 Å². The lowest BCUT2D eigenvalue weighted by molar-refractivity contribution is 0.222. The average Bonchev–Trinajstić information content (AvgIpc) is 2.49. The highest BCUT2D eigenvalue weighted by Crippen LogP contribution is 2.22. The summed E-state index contributed by atoms with van der Waals surface area (Å²) in [6, 6.07) is 2.95. The molecule has 1 fully saturated rings. The van der Waals surface area contributed by atoms with Gasteiger partial charge in [0.25, 0.3) is 0 Å². The third-order valence-electron chi connectivity index (χ3n) is 3.39. The second-order valence-electron chi connectivity index (χ2n) is 4.83. The molecule has 16 heavy (non-hydrogen) atoms. The quantitative estimate of drug-likeness (QED) is 0.740. The summed E-state index contributed by atoms with van der Waals surface area (Å²) >= 11 is 0. The zero-order valence-corrected chi connectivity index (χ0v) is 10.4. The van der Waals surface area contributed by atoms with Gasteiger partial charge < -0.3 is 10.0 Å². The van der Waals surface area contributed by atoms with Crippen LogP contribution in [0.1, 0.15) is 33.1 Å². The zero-order chi connectivity index (χ0) is 12.0. The summed E-state index contributed by atoms with van der Waals surface area (Å²) in [5, 5.41) is 21.3. The maximum Gasteiger partial charge on any atom is 0.108 e. The van der Waals surface area contributed by atoms with Gasteiger partial charge in [0.2, 0.25) is 0 Å². The minimum absolute atomic E-state index is 0.0946. The molecule has 2 N–H and O–H groups in total. The van der Waals surface area contributed by atoms with Gasteiger partial charge in [-0.2, -0.15) is 5.26 Å². The number of rotatable bonds is 4. The normalized spacial score (nSPS) is 27.7. The van der Waals surface area contributed by atoms with E-state index in [2.05, 4.69) is 30.1 Å². The van der Waals surface area contributed by atoms with E-state index in [-0.39, 0.29) is 6.61 Å². The van der Waals surface area contributed by atoms with E-state index in [1.165, 1.54) is 0 Å². The number of nitriles is 1. The molecule has 0 aliphatic carbocycles. The van der Waals surface area contributed by atoms with Crippen LogP contribution in [0, 0.1) is 11.3 Å². The van der Waals surface area contributed by atoms with Gasteiger partial charge in [-0.3, -0.25) is 5.32 Å². The molecule has 0 saturated carbocycles. The van der Waals surface area contributed by atoms with Crippen molar-refractivity contribution in [1.82, 2.24) is 10.2 Å². The smallest absolute Gasteiger partial charge is 0.108 e. The molecular weight excluding hydrogens is 202 g/mol. The molecule has 0 amide bonds. The molecule has 0 bridgehead atoms. The summed E-state index contributed by atoms with van der Waals surface area (Å²) in [5.41, 5.74) is -0.424. The summed E-state index contributed by atoms with van der Waals surface area (Å²) in [7, 11) is 0. The van der Waals surface area contributed by atoms with E-state index >= 15 is 0 Å². The summed E-state index contributed by atoms with van der Waals surface area (Å²) in [6.45, 7) is 7.03. The van der Waals surface area contributed by atoms with Crippen LogP contribution in [0.5, 0.6) is 0 Å².